The van der Waals surface area contributed by atoms with Crippen LogP contribution in [0.4, 0.5) is 0 Å². The van der Waals surface area contributed by atoms with Crippen LogP contribution in [0.1, 0.15) is 38.4 Å². The quantitative estimate of drug-likeness (QED) is 0.125. The Bertz CT molecular complexity index is 1370. The largest absolute Gasteiger partial charge is 0.391 e. The number of hydrogen-bond acceptors (Lipinski definition) is 12. The lowest BCUT2D eigenvalue weighted by atomic mass is 9.85. The van der Waals surface area contributed by atoms with E-state index in [0.717, 1.165) is 21.7 Å². The van der Waals surface area contributed by atoms with Crippen LogP contribution in [0.15, 0.2) is 29.8 Å². The van der Waals surface area contributed by atoms with Crippen LogP contribution in [-0.2, 0) is 49.4 Å². The zero-order valence-corrected chi connectivity index (χ0v) is 30.1. The highest BCUT2D eigenvalue weighted by Gasteiger charge is 2.44. The Balaban J connectivity index is 1.36. The summed E-state index contributed by atoms with van der Waals surface area (Å²) >= 11 is 1.57. The summed E-state index contributed by atoms with van der Waals surface area (Å²) in [5, 5.41) is 16.1. The van der Waals surface area contributed by atoms with Crippen molar-refractivity contribution in [2.24, 2.45) is 11.1 Å². The molecule has 5 N–H and O–H groups in total. The number of amides is 4. The van der Waals surface area contributed by atoms with E-state index in [2.05, 4.69) is 15.6 Å². The minimum Gasteiger partial charge on any atom is -0.391 e. The fourth-order valence-corrected chi connectivity index (χ4v) is 5.91. The van der Waals surface area contributed by atoms with Gasteiger partial charge in [-0.15, -0.1) is 11.3 Å². The van der Waals surface area contributed by atoms with Crippen molar-refractivity contribution in [3.05, 3.63) is 41.0 Å². The third-order valence-corrected chi connectivity index (χ3v) is 8.65. The minimum absolute atomic E-state index is 0.0137. The molecule has 16 heteroatoms. The maximum Gasteiger partial charge on any atom is 0.246 e. The second-order valence-electron chi connectivity index (χ2n) is 12.9. The lowest BCUT2D eigenvalue weighted by molar-refractivity contribution is -0.144. The number of aromatic nitrogens is 1. The van der Waals surface area contributed by atoms with Crippen molar-refractivity contribution in [1.82, 2.24) is 20.5 Å². The van der Waals surface area contributed by atoms with Crippen LogP contribution >= 0.6 is 11.3 Å². The van der Waals surface area contributed by atoms with Crippen molar-refractivity contribution in [1.29, 1.82) is 0 Å². The molecule has 278 valence electrons. The number of rotatable bonds is 22. The van der Waals surface area contributed by atoms with Gasteiger partial charge >= 0.3 is 0 Å². The Labute approximate surface area is 297 Å². The third-order valence-electron chi connectivity index (χ3n) is 7.68. The molecule has 0 unspecified atom stereocenters. The van der Waals surface area contributed by atoms with E-state index < -0.39 is 41.3 Å². The van der Waals surface area contributed by atoms with Crippen LogP contribution in [0.2, 0.25) is 0 Å². The molecular formula is C34H51N5O10S. The number of carbonyl (C=O) groups excluding carboxylic acids is 4. The van der Waals surface area contributed by atoms with Crippen LogP contribution in [0.25, 0.3) is 10.4 Å². The van der Waals surface area contributed by atoms with Crippen molar-refractivity contribution in [3.63, 3.8) is 0 Å². The second kappa shape index (κ2) is 21.0. The normalized spacial score (nSPS) is 16.7. The van der Waals surface area contributed by atoms with E-state index in [4.69, 9.17) is 29.4 Å². The first-order valence-corrected chi connectivity index (χ1v) is 17.5. The summed E-state index contributed by atoms with van der Waals surface area (Å²) in [4.78, 5) is 57.1. The van der Waals surface area contributed by atoms with E-state index >= 15 is 0 Å². The summed E-state index contributed by atoms with van der Waals surface area (Å²) in [7, 11) is 0. The average molecular weight is 722 g/mol. The molecule has 2 aromatic rings. The Morgan fingerprint density at radius 1 is 0.940 bits per heavy atom. The van der Waals surface area contributed by atoms with Crippen LogP contribution in [0.3, 0.4) is 0 Å². The number of hydrogen-bond donors (Lipinski definition) is 4. The van der Waals surface area contributed by atoms with Gasteiger partial charge < -0.3 is 50.1 Å². The third kappa shape index (κ3) is 14.0. The van der Waals surface area contributed by atoms with Crippen LogP contribution in [0, 0.1) is 12.3 Å². The Morgan fingerprint density at radius 2 is 1.50 bits per heavy atom. The van der Waals surface area contributed by atoms with E-state index in [1.165, 1.54) is 4.90 Å². The molecule has 2 heterocycles. The average Bonchev–Trinajstić information content (AvgIpc) is 3.68. The van der Waals surface area contributed by atoms with E-state index in [-0.39, 0.29) is 58.5 Å². The molecule has 1 saturated heterocycles. The molecule has 1 aromatic heterocycles. The zero-order chi connectivity index (χ0) is 36.5. The predicted molar refractivity (Wildman–Crippen MR) is 185 cm³/mol. The molecule has 1 aliphatic heterocycles. The molecule has 50 heavy (non-hydrogen) atoms. The van der Waals surface area contributed by atoms with Crippen LogP contribution in [-0.4, -0.2) is 129 Å². The molecule has 0 spiro atoms. The number of carbonyl (C=O) groups is 4. The molecule has 15 nitrogen and oxygen atoms in total. The Morgan fingerprint density at radius 3 is 2.02 bits per heavy atom. The number of likely N-dealkylation sites (tertiary alicyclic amines) is 1. The standard InChI is InChI=1S/C34H51N5O10S/c1-23-30(50-22-37-23)25-7-5-24(6-8-25)18-36-32(43)27-17-26(40)19-39(27)33(44)31(34(2,3)4)38-29(42)21-49-16-14-47-12-10-45-9-11-46-13-15-48-20-28(35)41/h5-8,22,26-27,31,40H,9-21H2,1-4H3,(H2,35,41)(H,36,43)(H,38,42)/t26-,27+,31-/m1/s1. The van der Waals surface area contributed by atoms with Gasteiger partial charge in [-0.25, -0.2) is 4.98 Å². The molecule has 4 amide bonds. The number of primary amides is 1. The number of nitrogens with zero attached hydrogens (tertiary/aromatic N) is 2. The number of nitrogens with two attached hydrogens (primary N) is 1. The van der Waals surface area contributed by atoms with E-state index in [1.54, 1.807) is 16.8 Å². The minimum atomic E-state index is -0.956. The summed E-state index contributed by atoms with van der Waals surface area (Å²) in [5.74, 6) is -1.84. The van der Waals surface area contributed by atoms with Crippen LogP contribution in [0.5, 0.6) is 0 Å². The number of aryl methyl sites for hydroxylation is 1. The number of aliphatic hydroxyl groups is 1. The molecular weight excluding hydrogens is 670 g/mol. The van der Waals surface area contributed by atoms with Gasteiger partial charge in [-0.05, 0) is 23.5 Å². The number of benzene rings is 1. The van der Waals surface area contributed by atoms with E-state index in [0.29, 0.717) is 33.0 Å². The van der Waals surface area contributed by atoms with E-state index in [1.807, 2.05) is 52.0 Å². The van der Waals surface area contributed by atoms with Gasteiger partial charge in [0, 0.05) is 19.5 Å². The van der Waals surface area contributed by atoms with Crippen LogP contribution < -0.4 is 16.4 Å². The summed E-state index contributed by atoms with van der Waals surface area (Å²) < 4.78 is 26.5. The monoisotopic (exact) mass is 721 g/mol. The fourth-order valence-electron chi connectivity index (χ4n) is 5.10. The highest BCUT2D eigenvalue weighted by atomic mass is 32.1. The van der Waals surface area contributed by atoms with Gasteiger partial charge in [0.05, 0.1) is 75.0 Å². The Hall–Kier alpha value is -3.51. The number of ether oxygens (including phenoxy) is 5. The topological polar surface area (TPSA) is 201 Å². The molecule has 1 fully saturated rings. The number of aliphatic hydroxyl groups excluding tert-OH is 1. The van der Waals surface area contributed by atoms with Gasteiger partial charge in [0.1, 0.15) is 25.3 Å². The Kier molecular flexibility index (Phi) is 17.2. The lowest BCUT2D eigenvalue weighted by Gasteiger charge is -2.35. The first-order valence-electron chi connectivity index (χ1n) is 16.6. The molecule has 0 aliphatic carbocycles. The van der Waals surface area contributed by atoms with Gasteiger partial charge in [0.15, 0.2) is 0 Å². The van der Waals surface area contributed by atoms with Gasteiger partial charge in [0.2, 0.25) is 23.6 Å². The highest BCUT2D eigenvalue weighted by Crippen LogP contribution is 2.28. The van der Waals surface area contributed by atoms with Gasteiger partial charge in [-0.1, -0.05) is 45.0 Å². The molecule has 3 atom stereocenters. The highest BCUT2D eigenvalue weighted by molar-refractivity contribution is 7.13. The second-order valence-corrected chi connectivity index (χ2v) is 13.7. The van der Waals surface area contributed by atoms with Gasteiger partial charge in [-0.3, -0.25) is 19.2 Å². The summed E-state index contributed by atoms with van der Waals surface area (Å²) in [5.41, 5.74) is 8.99. The lowest BCUT2D eigenvalue weighted by Crippen LogP contribution is -2.58. The first kappa shape index (κ1) is 40.9. The summed E-state index contributed by atoms with van der Waals surface area (Å²) in [6.07, 6.45) is -0.765. The van der Waals surface area contributed by atoms with Gasteiger partial charge in [0.25, 0.3) is 0 Å². The molecule has 0 radical (unpaired) electrons. The summed E-state index contributed by atoms with van der Waals surface area (Å²) in [6.45, 7) is 9.65. The van der Waals surface area contributed by atoms with E-state index in [9.17, 15) is 24.3 Å². The smallest absolute Gasteiger partial charge is 0.246 e. The van der Waals surface area contributed by atoms with Gasteiger partial charge in [-0.2, -0.15) is 0 Å². The molecule has 3 rings (SSSR count). The maximum atomic E-state index is 13.8. The number of thiazole rings is 1. The zero-order valence-electron chi connectivity index (χ0n) is 29.3. The maximum absolute atomic E-state index is 13.8. The SMILES string of the molecule is Cc1ncsc1-c1ccc(CNC(=O)[C@@H]2C[C@@H](O)CN2C(=O)[C@@H](NC(=O)COCCOCCOCCOCCOCC(N)=O)C(C)(C)C)cc1. The summed E-state index contributed by atoms with van der Waals surface area (Å²) in [6, 6.07) is 6.00. The fraction of sp³-hybridized carbons (Fsp3) is 0.618. The molecule has 1 aromatic carbocycles. The van der Waals surface area contributed by atoms with Crippen molar-refractivity contribution in [3.8, 4) is 10.4 Å². The number of β-amino-alcohol motifs (C(OH)–C–C–N with tert-alkyl or cyclic N) is 1. The van der Waals surface area contributed by atoms with Crippen molar-refractivity contribution < 1.29 is 48.0 Å². The van der Waals surface area contributed by atoms with Crippen molar-refractivity contribution >= 4 is 35.0 Å². The molecule has 0 saturated carbocycles. The molecule has 0 bridgehead atoms. The molecule has 1 aliphatic rings. The van der Waals surface area contributed by atoms with Crippen molar-refractivity contribution in [2.75, 3.05) is 72.6 Å². The first-order chi connectivity index (χ1) is 23.9. The predicted octanol–water partition coefficient (Wildman–Crippen LogP) is 0.796. The number of nitrogens with one attached hydrogen (secondary N) is 2. The van der Waals surface area contributed by atoms with Crippen molar-refractivity contribution in [2.45, 2.75) is 58.8 Å².